The van der Waals surface area contributed by atoms with E-state index in [1.807, 2.05) is 60.7 Å². The third-order valence-corrected chi connectivity index (χ3v) is 7.20. The summed E-state index contributed by atoms with van der Waals surface area (Å²) in [4.78, 5) is 38.0. The van der Waals surface area contributed by atoms with Gasteiger partial charge in [0.15, 0.2) is 17.7 Å². The third-order valence-electron chi connectivity index (χ3n) is 7.20. The Morgan fingerprint density at radius 1 is 0.521 bits per heavy atom. The molecule has 0 heterocycles. The Bertz CT molecular complexity index is 1840. The van der Waals surface area contributed by atoms with Crippen LogP contribution in [0.3, 0.4) is 0 Å². The summed E-state index contributed by atoms with van der Waals surface area (Å²) in [6.45, 7) is 0.0238. The van der Waals surface area contributed by atoms with E-state index < -0.39 is 12.1 Å². The monoisotopic (exact) mass is 638 g/mol. The van der Waals surface area contributed by atoms with Crippen LogP contribution in [0.5, 0.6) is 17.2 Å². The van der Waals surface area contributed by atoms with Gasteiger partial charge in [0.1, 0.15) is 30.5 Å². The first-order chi connectivity index (χ1) is 23.5. The van der Waals surface area contributed by atoms with E-state index in [2.05, 4.69) is 0 Å². The number of ketones is 2. The molecule has 0 aromatic heterocycles. The second-order valence-electron chi connectivity index (χ2n) is 10.6. The summed E-state index contributed by atoms with van der Waals surface area (Å²) in [6, 6.07) is 39.2. The highest BCUT2D eigenvalue weighted by molar-refractivity contribution is 6.07. The maximum atomic E-state index is 13.0. The van der Waals surface area contributed by atoms with E-state index in [-0.39, 0.29) is 24.8 Å². The molecule has 1 atom stereocenters. The topological polar surface area (TPSA) is 88.1 Å². The highest BCUT2D eigenvalue weighted by Crippen LogP contribution is 2.18. The van der Waals surface area contributed by atoms with Gasteiger partial charge in [-0.1, -0.05) is 84.9 Å². The van der Waals surface area contributed by atoms with Gasteiger partial charge in [-0.3, -0.25) is 9.59 Å². The summed E-state index contributed by atoms with van der Waals surface area (Å²) in [6.07, 6.45) is 5.81. The van der Waals surface area contributed by atoms with Gasteiger partial charge in [0.05, 0.1) is 12.7 Å². The van der Waals surface area contributed by atoms with Crippen molar-refractivity contribution in [3.8, 4) is 17.2 Å². The minimum atomic E-state index is -0.766. The molecule has 7 heteroatoms. The van der Waals surface area contributed by atoms with Crippen molar-refractivity contribution in [3.05, 3.63) is 173 Å². The molecule has 0 radical (unpaired) electrons. The standard InChI is InChI=1S/C41H34O7/c1-45-35-22-18-34(19-23-35)41(44)48-38(28-46-36-20-12-31(13-21-36)15-27-39(42)32-10-6-3-7-11-32)29-47-37-24-16-33(17-25-37)40(43)26-14-30-8-4-2-5-9-30/h2-27,38H,28-29H2,1H3/b26-14?,27-15+/t38-/m1/s1. The number of carbonyl (C=O) groups excluding carboxylic acids is 3. The Labute approximate surface area is 279 Å². The lowest BCUT2D eigenvalue weighted by molar-refractivity contribution is 0.00257. The Balaban J connectivity index is 1.20. The smallest absolute Gasteiger partial charge is 0.338 e. The van der Waals surface area contributed by atoms with Crippen LogP contribution in [0.25, 0.3) is 12.2 Å². The highest BCUT2D eigenvalue weighted by atomic mass is 16.6. The first kappa shape index (κ1) is 33.2. The second kappa shape index (κ2) is 16.9. The molecule has 0 spiro atoms. The lowest BCUT2D eigenvalue weighted by atomic mass is 10.1. The molecule has 0 saturated carbocycles. The number of ether oxygens (including phenoxy) is 4. The first-order valence-electron chi connectivity index (χ1n) is 15.3. The summed E-state index contributed by atoms with van der Waals surface area (Å²) >= 11 is 0. The largest absolute Gasteiger partial charge is 0.497 e. The molecule has 0 aliphatic heterocycles. The molecule has 0 saturated heterocycles. The molecule has 0 aliphatic carbocycles. The minimum Gasteiger partial charge on any atom is -0.497 e. The molecule has 0 aliphatic rings. The van der Waals surface area contributed by atoms with Crippen molar-refractivity contribution >= 4 is 29.7 Å². The van der Waals surface area contributed by atoms with Crippen LogP contribution in [0, 0.1) is 0 Å². The van der Waals surface area contributed by atoms with Crippen molar-refractivity contribution in [1.29, 1.82) is 0 Å². The van der Waals surface area contributed by atoms with Crippen molar-refractivity contribution in [2.24, 2.45) is 0 Å². The van der Waals surface area contributed by atoms with Crippen LogP contribution in [-0.4, -0.2) is 44.0 Å². The molecule has 0 amide bonds. The van der Waals surface area contributed by atoms with Gasteiger partial charge in [-0.25, -0.2) is 4.79 Å². The van der Waals surface area contributed by atoms with Gasteiger partial charge in [-0.2, -0.15) is 0 Å². The van der Waals surface area contributed by atoms with Gasteiger partial charge < -0.3 is 18.9 Å². The molecule has 7 nitrogen and oxygen atoms in total. The van der Waals surface area contributed by atoms with Crippen LogP contribution >= 0.6 is 0 Å². The van der Waals surface area contributed by atoms with Gasteiger partial charge in [0.25, 0.3) is 0 Å². The molecular formula is C41H34O7. The van der Waals surface area contributed by atoms with Gasteiger partial charge in [0.2, 0.25) is 0 Å². The fourth-order valence-corrected chi connectivity index (χ4v) is 4.53. The van der Waals surface area contributed by atoms with Gasteiger partial charge in [-0.05, 0) is 83.9 Å². The molecule has 5 aromatic rings. The fourth-order valence-electron chi connectivity index (χ4n) is 4.53. The zero-order valence-corrected chi connectivity index (χ0v) is 26.4. The van der Waals surface area contributed by atoms with E-state index in [0.717, 1.165) is 11.1 Å². The number of methoxy groups -OCH3 is 1. The number of benzene rings is 5. The SMILES string of the molecule is COc1ccc(C(=O)O[C@H](COc2ccc(/C=C/C(=O)c3ccccc3)cc2)COc2ccc(C(=O)C=Cc3ccccc3)cc2)cc1. The van der Waals surface area contributed by atoms with Crippen molar-refractivity contribution in [3.63, 3.8) is 0 Å². The summed E-state index contributed by atoms with van der Waals surface area (Å²) in [5.74, 6) is 0.927. The Kier molecular flexibility index (Phi) is 11.7. The van der Waals surface area contributed by atoms with Crippen molar-refractivity contribution in [2.75, 3.05) is 20.3 Å². The van der Waals surface area contributed by atoms with Crippen LogP contribution in [-0.2, 0) is 4.74 Å². The Morgan fingerprint density at radius 3 is 1.50 bits per heavy atom. The molecule has 0 bridgehead atoms. The molecule has 0 unspecified atom stereocenters. The van der Waals surface area contributed by atoms with E-state index in [0.29, 0.717) is 33.9 Å². The van der Waals surface area contributed by atoms with Crippen LogP contribution in [0.1, 0.15) is 42.2 Å². The van der Waals surface area contributed by atoms with Gasteiger partial charge >= 0.3 is 5.97 Å². The number of hydrogen-bond donors (Lipinski definition) is 0. The maximum absolute atomic E-state index is 13.0. The maximum Gasteiger partial charge on any atom is 0.338 e. The lowest BCUT2D eigenvalue weighted by Gasteiger charge is -2.19. The second-order valence-corrected chi connectivity index (χ2v) is 10.6. The van der Waals surface area contributed by atoms with E-state index in [1.54, 1.807) is 92.1 Å². The molecule has 5 rings (SSSR count). The number of allylic oxidation sites excluding steroid dienone is 2. The molecule has 0 N–H and O–H groups in total. The van der Waals surface area contributed by atoms with Crippen LogP contribution in [0.2, 0.25) is 0 Å². The van der Waals surface area contributed by atoms with Crippen molar-refractivity contribution < 1.29 is 33.3 Å². The number of hydrogen-bond acceptors (Lipinski definition) is 7. The Morgan fingerprint density at radius 2 is 0.958 bits per heavy atom. The van der Waals surface area contributed by atoms with Gasteiger partial charge in [0, 0.05) is 11.1 Å². The molecular weight excluding hydrogens is 604 g/mol. The zero-order chi connectivity index (χ0) is 33.6. The summed E-state index contributed by atoms with van der Waals surface area (Å²) < 4.78 is 22.9. The molecule has 48 heavy (non-hydrogen) atoms. The van der Waals surface area contributed by atoms with Crippen molar-refractivity contribution in [1.82, 2.24) is 0 Å². The van der Waals surface area contributed by atoms with Crippen LogP contribution in [0.15, 0.2) is 146 Å². The third kappa shape index (κ3) is 9.89. The normalized spacial score (nSPS) is 11.6. The highest BCUT2D eigenvalue weighted by Gasteiger charge is 2.19. The summed E-state index contributed by atoms with van der Waals surface area (Å²) in [7, 11) is 1.55. The van der Waals surface area contributed by atoms with Crippen LogP contribution in [0.4, 0.5) is 0 Å². The van der Waals surface area contributed by atoms with E-state index >= 15 is 0 Å². The van der Waals surface area contributed by atoms with E-state index in [4.69, 9.17) is 18.9 Å². The zero-order valence-electron chi connectivity index (χ0n) is 26.4. The minimum absolute atomic E-state index is 0.00547. The number of carbonyl (C=O) groups is 3. The van der Waals surface area contributed by atoms with E-state index in [1.165, 1.54) is 12.2 Å². The van der Waals surface area contributed by atoms with Crippen molar-refractivity contribution in [2.45, 2.75) is 6.10 Å². The molecule has 5 aromatic carbocycles. The molecule has 0 fully saturated rings. The average molecular weight is 639 g/mol. The lowest BCUT2D eigenvalue weighted by Crippen LogP contribution is -2.31. The molecule has 240 valence electrons. The fraction of sp³-hybridized carbons (Fsp3) is 0.0976. The number of rotatable bonds is 15. The predicted molar refractivity (Wildman–Crippen MR) is 186 cm³/mol. The van der Waals surface area contributed by atoms with Gasteiger partial charge in [-0.15, -0.1) is 0 Å². The Hall–Kier alpha value is -6.21. The predicted octanol–water partition coefficient (Wildman–Crippen LogP) is 8.17. The van der Waals surface area contributed by atoms with E-state index in [9.17, 15) is 14.4 Å². The average Bonchev–Trinajstić information content (AvgIpc) is 3.15. The summed E-state index contributed by atoms with van der Waals surface area (Å²) in [5.41, 5.74) is 3.25. The summed E-state index contributed by atoms with van der Waals surface area (Å²) in [5, 5.41) is 0. The first-order valence-corrected chi connectivity index (χ1v) is 15.3. The number of esters is 1. The van der Waals surface area contributed by atoms with Crippen LogP contribution < -0.4 is 14.2 Å². The quantitative estimate of drug-likeness (QED) is 0.0649.